The van der Waals surface area contributed by atoms with Crippen LogP contribution in [0.25, 0.3) is 10.2 Å². The van der Waals surface area contributed by atoms with Crippen LogP contribution in [0, 0.1) is 5.92 Å². The third kappa shape index (κ3) is 2.91. The van der Waals surface area contributed by atoms with Crippen LogP contribution >= 0.6 is 22.9 Å². The third-order valence-corrected chi connectivity index (χ3v) is 5.15. The van der Waals surface area contributed by atoms with Crippen molar-refractivity contribution in [1.82, 2.24) is 9.47 Å². The van der Waals surface area contributed by atoms with E-state index >= 15 is 0 Å². The van der Waals surface area contributed by atoms with E-state index in [1.807, 2.05) is 12.1 Å². The molecule has 3 rings (SSSR count). The minimum Gasteiger partial charge on any atom is -0.465 e. The number of amides is 1. The molecule has 112 valence electrons. The molecular weight excluding hydrogens is 312 g/mol. The fraction of sp³-hybridized carbons (Fsp3) is 0.429. The first-order chi connectivity index (χ1) is 10.0. The fourth-order valence-corrected chi connectivity index (χ4v) is 3.82. The molecule has 5 nitrogen and oxygen atoms in total. The van der Waals surface area contributed by atoms with Gasteiger partial charge in [-0.1, -0.05) is 22.9 Å². The molecule has 0 radical (unpaired) electrons. The number of likely N-dealkylation sites (tertiary alicyclic amines) is 1. The summed E-state index contributed by atoms with van der Waals surface area (Å²) in [6.07, 6.45) is 0.714. The molecule has 1 aromatic heterocycles. The first kappa shape index (κ1) is 14.4. The minimum atomic E-state index is -0.863. The maximum absolute atomic E-state index is 12.1. The van der Waals surface area contributed by atoms with Crippen LogP contribution in [0.1, 0.15) is 12.8 Å². The molecule has 7 heteroatoms. The van der Waals surface area contributed by atoms with Crippen LogP contribution in [-0.2, 0) is 6.54 Å². The Morgan fingerprint density at radius 2 is 2.10 bits per heavy atom. The van der Waals surface area contributed by atoms with Crippen LogP contribution in [-0.4, -0.2) is 33.8 Å². The number of benzene rings is 1. The number of aromatic nitrogens is 1. The van der Waals surface area contributed by atoms with Crippen LogP contribution in [0.3, 0.4) is 0 Å². The largest absolute Gasteiger partial charge is 0.465 e. The van der Waals surface area contributed by atoms with Gasteiger partial charge in [-0.3, -0.25) is 9.36 Å². The third-order valence-electron chi connectivity index (χ3n) is 3.96. The van der Waals surface area contributed by atoms with Crippen LogP contribution in [0.5, 0.6) is 0 Å². The van der Waals surface area contributed by atoms with Crippen molar-refractivity contribution in [3.8, 4) is 0 Å². The second-order valence-corrected chi connectivity index (χ2v) is 6.73. The normalized spacial score (nSPS) is 16.5. The summed E-state index contributed by atoms with van der Waals surface area (Å²) in [6, 6.07) is 5.48. The van der Waals surface area contributed by atoms with Gasteiger partial charge in [-0.25, -0.2) is 4.79 Å². The van der Waals surface area contributed by atoms with Gasteiger partial charge in [0, 0.05) is 24.7 Å². The Kier molecular flexibility index (Phi) is 3.91. The SMILES string of the molecule is O=C(O)N1CCC(Cn2c(=O)sc3ccc(Cl)cc32)CC1. The van der Waals surface area contributed by atoms with E-state index in [2.05, 4.69) is 0 Å². The number of hydrogen-bond donors (Lipinski definition) is 1. The quantitative estimate of drug-likeness (QED) is 0.922. The number of carbonyl (C=O) groups is 1. The van der Waals surface area contributed by atoms with Crippen LogP contribution in [0.15, 0.2) is 23.0 Å². The van der Waals surface area contributed by atoms with Gasteiger partial charge in [-0.2, -0.15) is 0 Å². The average molecular weight is 327 g/mol. The molecule has 1 N–H and O–H groups in total. The highest BCUT2D eigenvalue weighted by Crippen LogP contribution is 2.25. The van der Waals surface area contributed by atoms with Crippen molar-refractivity contribution in [3.63, 3.8) is 0 Å². The van der Waals surface area contributed by atoms with Crippen molar-refractivity contribution in [2.75, 3.05) is 13.1 Å². The molecule has 0 bridgehead atoms. The summed E-state index contributed by atoms with van der Waals surface area (Å²) in [5.41, 5.74) is 0.873. The maximum atomic E-state index is 12.1. The van der Waals surface area contributed by atoms with E-state index in [0.29, 0.717) is 30.6 Å². The molecule has 1 aliphatic rings. The van der Waals surface area contributed by atoms with Crippen molar-refractivity contribution < 1.29 is 9.90 Å². The van der Waals surface area contributed by atoms with Gasteiger partial charge in [0.25, 0.3) is 0 Å². The fourth-order valence-electron chi connectivity index (χ4n) is 2.77. The van der Waals surface area contributed by atoms with Gasteiger partial charge >= 0.3 is 11.0 Å². The van der Waals surface area contributed by atoms with Gasteiger partial charge in [0.15, 0.2) is 0 Å². The van der Waals surface area contributed by atoms with Crippen molar-refractivity contribution in [2.24, 2.45) is 5.92 Å². The van der Waals surface area contributed by atoms with Crippen LogP contribution < -0.4 is 4.87 Å². The van der Waals surface area contributed by atoms with E-state index in [9.17, 15) is 9.59 Å². The first-order valence-corrected chi connectivity index (χ1v) is 8.01. The molecule has 1 aromatic carbocycles. The Hall–Kier alpha value is -1.53. The van der Waals surface area contributed by atoms with Crippen molar-refractivity contribution >= 4 is 39.2 Å². The monoisotopic (exact) mass is 326 g/mol. The molecule has 2 aromatic rings. The summed E-state index contributed by atoms with van der Waals surface area (Å²) >= 11 is 7.24. The molecule has 1 amide bonds. The molecule has 0 spiro atoms. The molecule has 1 aliphatic heterocycles. The highest BCUT2D eigenvalue weighted by atomic mass is 35.5. The molecular formula is C14H15ClN2O3S. The second-order valence-electron chi connectivity index (χ2n) is 5.30. The lowest BCUT2D eigenvalue weighted by atomic mass is 9.97. The number of thiazole rings is 1. The average Bonchev–Trinajstić information content (AvgIpc) is 2.76. The Morgan fingerprint density at radius 1 is 1.38 bits per heavy atom. The zero-order valence-corrected chi connectivity index (χ0v) is 12.9. The van der Waals surface area contributed by atoms with E-state index in [1.165, 1.54) is 16.2 Å². The predicted octanol–water partition coefficient (Wildman–Crippen LogP) is 3.11. The second kappa shape index (κ2) is 5.69. The predicted molar refractivity (Wildman–Crippen MR) is 83.4 cm³/mol. The number of nitrogens with zero attached hydrogens (tertiary/aromatic N) is 2. The van der Waals surface area contributed by atoms with E-state index < -0.39 is 6.09 Å². The van der Waals surface area contributed by atoms with E-state index in [4.69, 9.17) is 16.7 Å². The number of piperidine rings is 1. The summed E-state index contributed by atoms with van der Waals surface area (Å²) in [4.78, 5) is 24.5. The summed E-state index contributed by atoms with van der Waals surface area (Å²) in [5.74, 6) is 0.329. The molecule has 0 aliphatic carbocycles. The number of hydrogen-bond acceptors (Lipinski definition) is 3. The summed E-state index contributed by atoms with van der Waals surface area (Å²) in [7, 11) is 0. The molecule has 1 fully saturated rings. The van der Waals surface area contributed by atoms with Gasteiger partial charge in [-0.15, -0.1) is 0 Å². The first-order valence-electron chi connectivity index (χ1n) is 6.81. The van der Waals surface area contributed by atoms with Gasteiger partial charge in [-0.05, 0) is 37.0 Å². The lowest BCUT2D eigenvalue weighted by Crippen LogP contribution is -2.38. The van der Waals surface area contributed by atoms with Gasteiger partial charge in [0.05, 0.1) is 10.2 Å². The lowest BCUT2D eigenvalue weighted by molar-refractivity contribution is 0.122. The molecule has 21 heavy (non-hydrogen) atoms. The van der Waals surface area contributed by atoms with Gasteiger partial charge < -0.3 is 10.0 Å². The number of fused-ring (bicyclic) bond motifs is 1. The number of halogens is 1. The van der Waals surface area contributed by atoms with Crippen LogP contribution in [0.4, 0.5) is 4.79 Å². The smallest absolute Gasteiger partial charge is 0.407 e. The molecule has 0 atom stereocenters. The van der Waals surface area contributed by atoms with E-state index in [-0.39, 0.29) is 4.87 Å². The number of carboxylic acid groups (broad SMARTS) is 1. The van der Waals surface area contributed by atoms with Crippen molar-refractivity contribution in [2.45, 2.75) is 19.4 Å². The van der Waals surface area contributed by atoms with Crippen molar-refractivity contribution in [1.29, 1.82) is 0 Å². The Labute approximate surface area is 130 Å². The molecule has 0 unspecified atom stereocenters. The van der Waals surface area contributed by atoms with Gasteiger partial charge in [0.2, 0.25) is 0 Å². The molecule has 2 heterocycles. The minimum absolute atomic E-state index is 0.0212. The van der Waals surface area contributed by atoms with Crippen LogP contribution in [0.2, 0.25) is 5.02 Å². The highest BCUT2D eigenvalue weighted by Gasteiger charge is 2.23. The van der Waals surface area contributed by atoms with E-state index in [1.54, 1.807) is 10.6 Å². The lowest BCUT2D eigenvalue weighted by Gasteiger charge is -2.30. The summed E-state index contributed by atoms with van der Waals surface area (Å²) < 4.78 is 2.71. The Bertz CT molecular complexity index is 731. The summed E-state index contributed by atoms with van der Waals surface area (Å²) in [5, 5.41) is 9.58. The van der Waals surface area contributed by atoms with Gasteiger partial charge in [0.1, 0.15) is 0 Å². The number of rotatable bonds is 2. The molecule has 1 saturated heterocycles. The Morgan fingerprint density at radius 3 is 2.76 bits per heavy atom. The summed E-state index contributed by atoms with van der Waals surface area (Å²) in [6.45, 7) is 1.71. The molecule has 0 saturated carbocycles. The van der Waals surface area contributed by atoms with E-state index in [0.717, 1.165) is 23.1 Å². The standard InChI is InChI=1S/C14H15ClN2O3S/c15-10-1-2-12-11(7-10)17(14(20)21-12)8-9-3-5-16(6-4-9)13(18)19/h1-2,7,9H,3-6,8H2,(H,18,19). The zero-order valence-electron chi connectivity index (χ0n) is 11.3. The maximum Gasteiger partial charge on any atom is 0.407 e. The van der Waals surface area contributed by atoms with Crippen molar-refractivity contribution in [3.05, 3.63) is 32.9 Å². The Balaban J connectivity index is 1.80. The highest BCUT2D eigenvalue weighted by molar-refractivity contribution is 7.16. The zero-order chi connectivity index (χ0) is 15.0. The topological polar surface area (TPSA) is 62.5 Å².